The Bertz CT molecular complexity index is 404. The summed E-state index contributed by atoms with van der Waals surface area (Å²) in [6, 6.07) is 0. The molecule has 0 amide bonds. The molecule has 5 heteroatoms. The summed E-state index contributed by atoms with van der Waals surface area (Å²) in [4.78, 5) is 14.9. The lowest BCUT2D eigenvalue weighted by Gasteiger charge is -1.79. The van der Waals surface area contributed by atoms with Crippen molar-refractivity contribution in [1.82, 2.24) is 15.2 Å². The fraction of sp³-hybridized carbons (Fsp3) is 0. The van der Waals surface area contributed by atoms with Gasteiger partial charge in [-0.1, -0.05) is 11.3 Å². The van der Waals surface area contributed by atoms with Gasteiger partial charge in [0.25, 0.3) is 4.74 Å². The summed E-state index contributed by atoms with van der Waals surface area (Å²) >= 11 is 1.06. The third-order valence-electron chi connectivity index (χ3n) is 1.17. The molecule has 1 N–H and O–H groups in total. The van der Waals surface area contributed by atoms with Crippen molar-refractivity contribution in [3.05, 3.63) is 21.2 Å². The zero-order valence-electron chi connectivity index (χ0n) is 4.87. The second-order valence-electron chi connectivity index (χ2n) is 1.77. The molecule has 0 bridgehead atoms. The van der Waals surface area contributed by atoms with E-state index in [0.29, 0.717) is 11.0 Å². The van der Waals surface area contributed by atoms with Crippen LogP contribution in [0.25, 0.3) is 11.0 Å². The maximum absolute atomic E-state index is 10.9. The van der Waals surface area contributed by atoms with Crippen LogP contribution in [0.3, 0.4) is 0 Å². The molecule has 2 rings (SSSR count). The Hall–Kier alpha value is -1.23. The maximum Gasteiger partial charge on any atom is 0.261 e. The molecule has 0 unspecified atom stereocenters. The number of H-pyrrole nitrogens is 1. The average molecular weight is 153 g/mol. The number of fused-ring (bicyclic) bond motifs is 1. The second-order valence-corrected chi connectivity index (χ2v) is 2.59. The number of aromatic amines is 1. The van der Waals surface area contributed by atoms with Crippen molar-refractivity contribution in [2.45, 2.75) is 0 Å². The van der Waals surface area contributed by atoms with Crippen LogP contribution in [0, 0.1) is 0 Å². The SMILES string of the molecule is O=c1scnc2cn[nH]c12. The molecule has 0 aromatic carbocycles. The molecule has 0 radical (unpaired) electrons. The molecule has 2 aromatic rings. The van der Waals surface area contributed by atoms with Crippen molar-refractivity contribution >= 4 is 22.4 Å². The minimum atomic E-state index is -0.0255. The van der Waals surface area contributed by atoms with Gasteiger partial charge in [-0.15, -0.1) is 0 Å². The highest BCUT2D eigenvalue weighted by Crippen LogP contribution is 2.00. The van der Waals surface area contributed by atoms with Gasteiger partial charge in [0.05, 0.1) is 11.7 Å². The largest absolute Gasteiger partial charge is 0.275 e. The van der Waals surface area contributed by atoms with Gasteiger partial charge < -0.3 is 0 Å². The summed E-state index contributed by atoms with van der Waals surface area (Å²) in [5.41, 5.74) is 2.64. The summed E-state index contributed by atoms with van der Waals surface area (Å²) in [5.74, 6) is 0. The molecule has 0 spiro atoms. The average Bonchev–Trinajstić information content (AvgIpc) is 2.36. The monoisotopic (exact) mass is 153 g/mol. The van der Waals surface area contributed by atoms with E-state index in [-0.39, 0.29) is 4.74 Å². The molecular weight excluding hydrogens is 150 g/mol. The fourth-order valence-corrected chi connectivity index (χ4v) is 1.25. The van der Waals surface area contributed by atoms with Crippen LogP contribution in [-0.2, 0) is 0 Å². The van der Waals surface area contributed by atoms with Crippen LogP contribution in [0.1, 0.15) is 0 Å². The minimum Gasteiger partial charge on any atom is -0.275 e. The Morgan fingerprint density at radius 3 is 3.30 bits per heavy atom. The lowest BCUT2D eigenvalue weighted by atomic mass is 10.5. The van der Waals surface area contributed by atoms with Crippen molar-refractivity contribution < 1.29 is 0 Å². The predicted octanol–water partition coefficient (Wildman–Crippen LogP) is 0.380. The highest BCUT2D eigenvalue weighted by Gasteiger charge is 1.98. The number of rotatable bonds is 0. The lowest BCUT2D eigenvalue weighted by molar-refractivity contribution is 1.12. The normalized spacial score (nSPS) is 10.4. The smallest absolute Gasteiger partial charge is 0.261 e. The van der Waals surface area contributed by atoms with Gasteiger partial charge >= 0.3 is 0 Å². The van der Waals surface area contributed by atoms with E-state index in [9.17, 15) is 4.79 Å². The molecule has 2 aromatic heterocycles. The Morgan fingerprint density at radius 1 is 1.60 bits per heavy atom. The van der Waals surface area contributed by atoms with Gasteiger partial charge in [-0.2, -0.15) is 5.10 Å². The van der Waals surface area contributed by atoms with Gasteiger partial charge in [0.1, 0.15) is 11.0 Å². The van der Waals surface area contributed by atoms with Gasteiger partial charge in [-0.25, -0.2) is 4.98 Å². The molecule has 2 heterocycles. The molecule has 0 saturated heterocycles. The van der Waals surface area contributed by atoms with Crippen LogP contribution in [0.4, 0.5) is 0 Å². The highest BCUT2D eigenvalue weighted by atomic mass is 32.1. The second kappa shape index (κ2) is 1.88. The summed E-state index contributed by atoms with van der Waals surface area (Å²) in [6.07, 6.45) is 1.53. The highest BCUT2D eigenvalue weighted by molar-refractivity contribution is 7.07. The van der Waals surface area contributed by atoms with E-state index in [4.69, 9.17) is 0 Å². The van der Waals surface area contributed by atoms with E-state index in [1.807, 2.05) is 0 Å². The molecule has 0 aliphatic carbocycles. The first kappa shape index (κ1) is 5.55. The summed E-state index contributed by atoms with van der Waals surface area (Å²) in [6.45, 7) is 0. The third kappa shape index (κ3) is 0.640. The number of hydrogen-bond donors (Lipinski definition) is 1. The summed E-state index contributed by atoms with van der Waals surface area (Å²) in [5, 5.41) is 6.25. The van der Waals surface area contributed by atoms with Crippen LogP contribution >= 0.6 is 11.3 Å². The molecule has 0 aliphatic rings. The van der Waals surface area contributed by atoms with Gasteiger partial charge in [0.15, 0.2) is 0 Å². The first-order valence-corrected chi connectivity index (χ1v) is 3.53. The van der Waals surface area contributed by atoms with E-state index < -0.39 is 0 Å². The van der Waals surface area contributed by atoms with Crippen LogP contribution in [0.2, 0.25) is 0 Å². The first-order chi connectivity index (χ1) is 4.88. The first-order valence-electron chi connectivity index (χ1n) is 2.65. The zero-order chi connectivity index (χ0) is 6.97. The van der Waals surface area contributed by atoms with Crippen molar-refractivity contribution in [2.24, 2.45) is 0 Å². The zero-order valence-corrected chi connectivity index (χ0v) is 5.68. The number of aromatic nitrogens is 3. The van der Waals surface area contributed by atoms with Crippen LogP contribution in [-0.4, -0.2) is 15.2 Å². The maximum atomic E-state index is 10.9. The van der Waals surface area contributed by atoms with E-state index >= 15 is 0 Å². The predicted molar refractivity (Wildman–Crippen MR) is 38.0 cm³/mol. The molecule has 0 fully saturated rings. The third-order valence-corrected chi connectivity index (χ3v) is 1.80. The van der Waals surface area contributed by atoms with E-state index in [1.165, 1.54) is 11.7 Å². The molecule has 4 nitrogen and oxygen atoms in total. The van der Waals surface area contributed by atoms with E-state index in [1.54, 1.807) is 0 Å². The van der Waals surface area contributed by atoms with Crippen molar-refractivity contribution in [3.8, 4) is 0 Å². The number of nitrogens with one attached hydrogen (secondary N) is 1. The lowest BCUT2D eigenvalue weighted by Crippen LogP contribution is -1.94. The number of nitrogens with zero attached hydrogens (tertiary/aromatic N) is 2. The summed E-state index contributed by atoms with van der Waals surface area (Å²) in [7, 11) is 0. The van der Waals surface area contributed by atoms with E-state index in [2.05, 4.69) is 15.2 Å². The standard InChI is InChI=1S/C5H3N3OS/c9-5-4-3(1-7-8-4)6-2-10-5/h1-2H,(H,7,8). The Labute approximate surface area is 59.5 Å². The van der Waals surface area contributed by atoms with Crippen molar-refractivity contribution in [2.75, 3.05) is 0 Å². The van der Waals surface area contributed by atoms with Crippen LogP contribution in [0.5, 0.6) is 0 Å². The molecular formula is C5H3N3OS. The minimum absolute atomic E-state index is 0.0255. The molecule has 0 aliphatic heterocycles. The van der Waals surface area contributed by atoms with Crippen LogP contribution < -0.4 is 4.74 Å². The number of hydrogen-bond acceptors (Lipinski definition) is 4. The van der Waals surface area contributed by atoms with Gasteiger partial charge in [-0.3, -0.25) is 9.89 Å². The topological polar surface area (TPSA) is 58.6 Å². The van der Waals surface area contributed by atoms with Gasteiger partial charge in [-0.05, 0) is 0 Å². The Morgan fingerprint density at radius 2 is 2.50 bits per heavy atom. The Kier molecular flexibility index (Phi) is 1.04. The summed E-state index contributed by atoms with van der Waals surface area (Å²) < 4.78 is -0.0255. The molecule has 50 valence electrons. The van der Waals surface area contributed by atoms with Crippen molar-refractivity contribution in [3.63, 3.8) is 0 Å². The van der Waals surface area contributed by atoms with E-state index in [0.717, 1.165) is 11.3 Å². The van der Waals surface area contributed by atoms with Gasteiger partial charge in [0.2, 0.25) is 0 Å². The van der Waals surface area contributed by atoms with Crippen LogP contribution in [0.15, 0.2) is 16.5 Å². The Balaban J connectivity index is 3.09. The molecule has 0 saturated carbocycles. The van der Waals surface area contributed by atoms with Crippen molar-refractivity contribution in [1.29, 1.82) is 0 Å². The molecule has 10 heavy (non-hydrogen) atoms. The molecule has 0 atom stereocenters. The van der Waals surface area contributed by atoms with Gasteiger partial charge in [0, 0.05) is 0 Å². The quantitative estimate of drug-likeness (QED) is 0.595. The fourth-order valence-electron chi connectivity index (χ4n) is 0.718.